The Hall–Kier alpha value is -1.12. The Morgan fingerprint density at radius 2 is 1.76 bits per heavy atom. The minimum Gasteiger partial charge on any atom is -0.310 e. The molecule has 0 amide bonds. The average Bonchev–Trinajstić information content (AvgIpc) is 2.48. The van der Waals surface area contributed by atoms with E-state index in [4.69, 9.17) is 0 Å². The largest absolute Gasteiger partial charge is 0.310 e. The quantitative estimate of drug-likeness (QED) is 0.743. The Labute approximate surface area is 136 Å². The topological polar surface area (TPSA) is 12.0 Å². The summed E-state index contributed by atoms with van der Waals surface area (Å²) in [7, 11) is 0. The molecule has 0 spiro atoms. The number of benzene rings is 2. The molecule has 0 radical (unpaired) electrons. The molecule has 1 nitrogen and oxygen atoms in total. The van der Waals surface area contributed by atoms with Gasteiger partial charge >= 0.3 is 0 Å². The molecule has 0 saturated carbocycles. The van der Waals surface area contributed by atoms with Crippen LogP contribution in [0.2, 0.25) is 0 Å². The molecule has 2 heteroatoms. The Morgan fingerprint density at radius 3 is 2.43 bits per heavy atom. The zero-order chi connectivity index (χ0) is 15.2. The van der Waals surface area contributed by atoms with Gasteiger partial charge in [-0.3, -0.25) is 0 Å². The van der Waals surface area contributed by atoms with Crippen LogP contribution in [0, 0.1) is 13.8 Å². The third-order valence-corrected chi connectivity index (χ3v) is 4.37. The SMILES string of the molecule is CCCNC(Cc1cc(C)ccc1C)c1ccc(Br)cc1. The highest BCUT2D eigenvalue weighted by molar-refractivity contribution is 9.10. The normalized spacial score (nSPS) is 12.4. The van der Waals surface area contributed by atoms with Crippen LogP contribution < -0.4 is 5.32 Å². The van der Waals surface area contributed by atoms with E-state index in [9.17, 15) is 0 Å². The second-order valence-corrected chi connectivity index (χ2v) is 6.61. The van der Waals surface area contributed by atoms with E-state index in [2.05, 4.69) is 84.5 Å². The van der Waals surface area contributed by atoms with Crippen LogP contribution in [-0.4, -0.2) is 6.54 Å². The summed E-state index contributed by atoms with van der Waals surface area (Å²) in [6, 6.07) is 15.8. The first-order valence-electron chi connectivity index (χ1n) is 7.65. The van der Waals surface area contributed by atoms with Crippen molar-refractivity contribution in [3.05, 3.63) is 69.2 Å². The molecule has 21 heavy (non-hydrogen) atoms. The zero-order valence-corrected chi connectivity index (χ0v) is 14.7. The second-order valence-electron chi connectivity index (χ2n) is 5.69. The van der Waals surface area contributed by atoms with E-state index < -0.39 is 0 Å². The van der Waals surface area contributed by atoms with Crippen molar-refractivity contribution in [3.63, 3.8) is 0 Å². The number of nitrogens with one attached hydrogen (secondary N) is 1. The van der Waals surface area contributed by atoms with Gasteiger partial charge in [0.2, 0.25) is 0 Å². The molecule has 1 atom stereocenters. The van der Waals surface area contributed by atoms with Gasteiger partial charge < -0.3 is 5.32 Å². The van der Waals surface area contributed by atoms with Crippen LogP contribution in [0.4, 0.5) is 0 Å². The Morgan fingerprint density at radius 1 is 1.05 bits per heavy atom. The van der Waals surface area contributed by atoms with Gasteiger partial charge in [-0.2, -0.15) is 0 Å². The molecule has 2 aromatic carbocycles. The number of halogens is 1. The second kappa shape index (κ2) is 7.77. The fourth-order valence-electron chi connectivity index (χ4n) is 2.56. The van der Waals surface area contributed by atoms with E-state index in [0.29, 0.717) is 6.04 Å². The van der Waals surface area contributed by atoms with E-state index in [-0.39, 0.29) is 0 Å². The Balaban J connectivity index is 2.23. The van der Waals surface area contributed by atoms with Gasteiger partial charge in [0.05, 0.1) is 0 Å². The van der Waals surface area contributed by atoms with Gasteiger partial charge in [-0.05, 0) is 62.1 Å². The predicted octanol–water partition coefficient (Wildman–Crippen LogP) is 5.35. The number of hydrogen-bond donors (Lipinski definition) is 1. The summed E-state index contributed by atoms with van der Waals surface area (Å²) >= 11 is 3.51. The highest BCUT2D eigenvalue weighted by Gasteiger charge is 2.13. The molecule has 0 aliphatic heterocycles. The molecule has 1 N–H and O–H groups in total. The van der Waals surface area contributed by atoms with Crippen molar-refractivity contribution in [1.29, 1.82) is 0 Å². The molecule has 0 aliphatic carbocycles. The van der Waals surface area contributed by atoms with Gasteiger partial charge in [-0.25, -0.2) is 0 Å². The Bertz CT molecular complexity index is 575. The van der Waals surface area contributed by atoms with Gasteiger partial charge in [0, 0.05) is 10.5 Å². The lowest BCUT2D eigenvalue weighted by Crippen LogP contribution is -2.24. The van der Waals surface area contributed by atoms with Gasteiger partial charge in [-0.1, -0.05) is 58.7 Å². The molecule has 0 aromatic heterocycles. The van der Waals surface area contributed by atoms with Crippen molar-refractivity contribution in [2.24, 2.45) is 0 Å². The number of rotatable bonds is 6. The molecule has 0 fully saturated rings. The smallest absolute Gasteiger partial charge is 0.0360 e. The first kappa shape index (κ1) is 16.3. The van der Waals surface area contributed by atoms with Crippen molar-refractivity contribution >= 4 is 15.9 Å². The van der Waals surface area contributed by atoms with Crippen LogP contribution in [0.1, 0.15) is 41.6 Å². The van der Waals surface area contributed by atoms with Gasteiger partial charge in [0.25, 0.3) is 0 Å². The summed E-state index contributed by atoms with van der Waals surface area (Å²) in [5, 5.41) is 3.69. The maximum atomic E-state index is 3.69. The maximum absolute atomic E-state index is 3.69. The summed E-state index contributed by atoms with van der Waals surface area (Å²) in [5.74, 6) is 0. The minimum atomic E-state index is 0.374. The average molecular weight is 346 g/mol. The molecule has 0 heterocycles. The van der Waals surface area contributed by atoms with Crippen LogP contribution in [0.3, 0.4) is 0 Å². The molecule has 0 bridgehead atoms. The lowest BCUT2D eigenvalue weighted by molar-refractivity contribution is 0.528. The highest BCUT2D eigenvalue weighted by atomic mass is 79.9. The van der Waals surface area contributed by atoms with Gasteiger partial charge in [-0.15, -0.1) is 0 Å². The zero-order valence-electron chi connectivity index (χ0n) is 13.1. The lowest BCUT2D eigenvalue weighted by atomic mass is 9.95. The monoisotopic (exact) mass is 345 g/mol. The van der Waals surface area contributed by atoms with E-state index in [1.807, 2.05) is 0 Å². The third-order valence-electron chi connectivity index (χ3n) is 3.84. The van der Waals surface area contributed by atoms with Crippen LogP contribution in [0.15, 0.2) is 46.9 Å². The first-order chi connectivity index (χ1) is 10.1. The standard InChI is InChI=1S/C19H24BrN/c1-4-11-21-19(16-7-9-18(20)10-8-16)13-17-12-14(2)5-6-15(17)3/h5-10,12,19,21H,4,11,13H2,1-3H3. The van der Waals surface area contributed by atoms with Crippen molar-refractivity contribution < 1.29 is 0 Å². The molecule has 0 saturated heterocycles. The molecule has 112 valence electrons. The van der Waals surface area contributed by atoms with Crippen molar-refractivity contribution in [2.45, 2.75) is 39.7 Å². The van der Waals surface area contributed by atoms with Crippen molar-refractivity contribution in [1.82, 2.24) is 5.32 Å². The Kier molecular flexibility index (Phi) is 6.01. The summed E-state index contributed by atoms with van der Waals surface area (Å²) in [6.07, 6.45) is 2.19. The fourth-order valence-corrected chi connectivity index (χ4v) is 2.83. The summed E-state index contributed by atoms with van der Waals surface area (Å²) in [6.45, 7) is 7.62. The fraction of sp³-hybridized carbons (Fsp3) is 0.368. The van der Waals surface area contributed by atoms with Gasteiger partial charge in [0.1, 0.15) is 0 Å². The van der Waals surface area contributed by atoms with E-state index in [1.165, 1.54) is 22.3 Å². The van der Waals surface area contributed by atoms with Crippen LogP contribution in [0.5, 0.6) is 0 Å². The van der Waals surface area contributed by atoms with Crippen molar-refractivity contribution in [2.75, 3.05) is 6.54 Å². The third kappa shape index (κ3) is 4.69. The predicted molar refractivity (Wildman–Crippen MR) is 94.8 cm³/mol. The molecule has 0 aliphatic rings. The van der Waals surface area contributed by atoms with E-state index in [1.54, 1.807) is 0 Å². The number of hydrogen-bond acceptors (Lipinski definition) is 1. The highest BCUT2D eigenvalue weighted by Crippen LogP contribution is 2.23. The van der Waals surface area contributed by atoms with Crippen LogP contribution >= 0.6 is 15.9 Å². The molecule has 2 rings (SSSR count). The summed E-state index contributed by atoms with van der Waals surface area (Å²) < 4.78 is 1.13. The first-order valence-corrected chi connectivity index (χ1v) is 8.44. The summed E-state index contributed by atoms with van der Waals surface area (Å²) in [5.41, 5.74) is 5.50. The van der Waals surface area contributed by atoms with E-state index >= 15 is 0 Å². The number of aryl methyl sites for hydroxylation is 2. The van der Waals surface area contributed by atoms with Crippen LogP contribution in [-0.2, 0) is 6.42 Å². The molecule has 2 aromatic rings. The molecular formula is C19H24BrN. The maximum Gasteiger partial charge on any atom is 0.0360 e. The van der Waals surface area contributed by atoms with Crippen LogP contribution in [0.25, 0.3) is 0 Å². The van der Waals surface area contributed by atoms with Crippen molar-refractivity contribution in [3.8, 4) is 0 Å². The molecular weight excluding hydrogens is 322 g/mol. The summed E-state index contributed by atoms with van der Waals surface area (Å²) in [4.78, 5) is 0. The minimum absolute atomic E-state index is 0.374. The lowest BCUT2D eigenvalue weighted by Gasteiger charge is -2.20. The van der Waals surface area contributed by atoms with Gasteiger partial charge in [0.15, 0.2) is 0 Å². The molecule has 1 unspecified atom stereocenters. The van der Waals surface area contributed by atoms with E-state index in [0.717, 1.165) is 23.9 Å².